The summed E-state index contributed by atoms with van der Waals surface area (Å²) in [7, 11) is 0. The van der Waals surface area contributed by atoms with Gasteiger partial charge in [0.2, 0.25) is 17.7 Å². The van der Waals surface area contributed by atoms with Gasteiger partial charge in [-0.15, -0.1) is 0 Å². The molecule has 2 rings (SSSR count). The summed E-state index contributed by atoms with van der Waals surface area (Å²) >= 11 is 4.14. The van der Waals surface area contributed by atoms with E-state index in [1.54, 1.807) is 0 Å². The van der Waals surface area contributed by atoms with Gasteiger partial charge in [0.25, 0.3) is 0 Å². The number of thiol groups is 1. The number of carboxylic acids is 1. The lowest BCUT2D eigenvalue weighted by Crippen LogP contribution is -2.58. The Bertz CT molecular complexity index is 967. The Morgan fingerprint density at radius 2 is 1.43 bits per heavy atom. The number of nitrogens with zero attached hydrogens (tertiary/aromatic N) is 2. The molecule has 4 atom stereocenters. The molecule has 0 aromatic carbocycles. The van der Waals surface area contributed by atoms with Gasteiger partial charge in [-0.3, -0.25) is 14.4 Å². The van der Waals surface area contributed by atoms with Crippen LogP contribution in [-0.2, 0) is 32.0 Å². The number of aromatic nitrogens is 4. The smallest absolute Gasteiger partial charge is 0.326 e. The molecule has 0 aliphatic rings. The molecular weight excluding hydrogens is 476 g/mol. The van der Waals surface area contributed by atoms with Crippen LogP contribution in [0.3, 0.4) is 0 Å². The van der Waals surface area contributed by atoms with Crippen LogP contribution in [-0.4, -0.2) is 78.7 Å². The molecule has 2 aromatic rings. The van der Waals surface area contributed by atoms with Crippen LogP contribution in [0.25, 0.3) is 0 Å². The fourth-order valence-electron chi connectivity index (χ4n) is 3.26. The van der Waals surface area contributed by atoms with Crippen LogP contribution < -0.4 is 21.7 Å². The van der Waals surface area contributed by atoms with Crippen molar-refractivity contribution in [2.45, 2.75) is 57.3 Å². The summed E-state index contributed by atoms with van der Waals surface area (Å²) in [6, 6.07) is -4.27. The maximum Gasteiger partial charge on any atom is 0.326 e. The minimum atomic E-state index is -1.18. The van der Waals surface area contributed by atoms with Gasteiger partial charge in [0.05, 0.1) is 18.7 Å². The van der Waals surface area contributed by atoms with Gasteiger partial charge >= 0.3 is 5.97 Å². The van der Waals surface area contributed by atoms with E-state index in [1.807, 2.05) is 13.8 Å². The first kappa shape index (κ1) is 27.9. The molecule has 4 unspecified atom stereocenters. The Labute approximate surface area is 207 Å². The molecule has 0 saturated carbocycles. The molecular formula is C21H32N8O5S. The van der Waals surface area contributed by atoms with Gasteiger partial charge in [-0.1, -0.05) is 13.8 Å². The Morgan fingerprint density at radius 3 is 1.91 bits per heavy atom. The quantitative estimate of drug-likeness (QED) is 0.144. The van der Waals surface area contributed by atoms with Crippen LogP contribution in [0.1, 0.15) is 31.7 Å². The Balaban J connectivity index is 2.08. The third-order valence-corrected chi connectivity index (χ3v) is 5.45. The number of nitrogens with two attached hydrogens (primary N) is 1. The van der Waals surface area contributed by atoms with E-state index in [0.717, 1.165) is 0 Å². The lowest BCUT2D eigenvalue weighted by molar-refractivity contribution is -0.142. The predicted molar refractivity (Wildman–Crippen MR) is 129 cm³/mol. The van der Waals surface area contributed by atoms with Crippen LogP contribution in [0, 0.1) is 5.92 Å². The number of aliphatic carboxylic acids is 1. The Kier molecular flexibility index (Phi) is 10.7. The monoisotopic (exact) mass is 508 g/mol. The molecule has 0 aliphatic heterocycles. The molecule has 14 heteroatoms. The van der Waals surface area contributed by atoms with Crippen molar-refractivity contribution in [2.24, 2.45) is 11.7 Å². The molecule has 0 aliphatic carbocycles. The number of imidazole rings is 2. The molecule has 8 N–H and O–H groups in total. The average Bonchev–Trinajstić information content (AvgIpc) is 3.50. The Morgan fingerprint density at radius 1 is 0.914 bits per heavy atom. The van der Waals surface area contributed by atoms with E-state index in [4.69, 9.17) is 5.73 Å². The zero-order valence-corrected chi connectivity index (χ0v) is 20.4. The summed E-state index contributed by atoms with van der Waals surface area (Å²) in [5, 5.41) is 17.1. The first-order valence-corrected chi connectivity index (χ1v) is 11.7. The highest BCUT2D eigenvalue weighted by Gasteiger charge is 2.30. The van der Waals surface area contributed by atoms with Gasteiger partial charge in [-0.05, 0) is 12.3 Å². The number of hydrogen-bond donors (Lipinski definition) is 8. The van der Waals surface area contributed by atoms with E-state index in [1.165, 1.54) is 25.0 Å². The van der Waals surface area contributed by atoms with E-state index in [0.29, 0.717) is 11.4 Å². The number of nitrogens with one attached hydrogen (secondary N) is 5. The molecule has 192 valence electrons. The summed E-state index contributed by atoms with van der Waals surface area (Å²) in [5.41, 5.74) is 7.13. The number of carbonyl (C=O) groups excluding carboxylic acids is 3. The van der Waals surface area contributed by atoms with Crippen LogP contribution in [0.4, 0.5) is 0 Å². The van der Waals surface area contributed by atoms with Crippen LogP contribution >= 0.6 is 12.6 Å². The molecule has 0 bridgehead atoms. The zero-order chi connectivity index (χ0) is 26.0. The van der Waals surface area contributed by atoms with Gasteiger partial charge in [0.15, 0.2) is 0 Å². The molecule has 2 aromatic heterocycles. The second-order valence-electron chi connectivity index (χ2n) is 8.50. The lowest BCUT2D eigenvalue weighted by atomic mass is 10.0. The Hall–Kier alpha value is -3.39. The van der Waals surface area contributed by atoms with E-state index >= 15 is 0 Å². The SMILES string of the molecule is CC(C)CC(NC(=O)C(Cc1cnc[nH]1)NC(=O)C(CS)NC(=O)C(N)Cc1cnc[nH]1)C(=O)O. The van der Waals surface area contributed by atoms with Crippen LogP contribution in [0.15, 0.2) is 25.0 Å². The van der Waals surface area contributed by atoms with Gasteiger partial charge in [-0.2, -0.15) is 12.6 Å². The summed E-state index contributed by atoms with van der Waals surface area (Å²) in [6.07, 6.45) is 6.34. The van der Waals surface area contributed by atoms with Gasteiger partial charge < -0.3 is 36.8 Å². The molecule has 0 saturated heterocycles. The molecule has 3 amide bonds. The number of hydrogen-bond acceptors (Lipinski definition) is 8. The van der Waals surface area contributed by atoms with E-state index in [9.17, 15) is 24.3 Å². The van der Waals surface area contributed by atoms with Crippen molar-refractivity contribution in [1.82, 2.24) is 35.9 Å². The molecule has 0 fully saturated rings. The number of carbonyl (C=O) groups is 4. The minimum Gasteiger partial charge on any atom is -0.480 e. The molecule has 0 spiro atoms. The maximum atomic E-state index is 13.0. The predicted octanol–water partition coefficient (Wildman–Crippen LogP) is -1.24. The summed E-state index contributed by atoms with van der Waals surface area (Å²) in [5.74, 6) is -3.14. The molecule has 35 heavy (non-hydrogen) atoms. The topological polar surface area (TPSA) is 208 Å². The maximum absolute atomic E-state index is 13.0. The number of amides is 3. The van der Waals surface area contributed by atoms with E-state index in [-0.39, 0.29) is 30.9 Å². The third kappa shape index (κ3) is 9.05. The highest BCUT2D eigenvalue weighted by Crippen LogP contribution is 2.07. The molecule has 0 radical (unpaired) electrons. The van der Waals surface area contributed by atoms with Crippen molar-refractivity contribution < 1.29 is 24.3 Å². The minimum absolute atomic E-state index is 0.0202. The van der Waals surface area contributed by atoms with Crippen molar-refractivity contribution >= 4 is 36.3 Å². The second-order valence-corrected chi connectivity index (χ2v) is 8.87. The number of rotatable bonds is 14. The normalized spacial score (nSPS) is 14.5. The highest BCUT2D eigenvalue weighted by atomic mass is 32.1. The van der Waals surface area contributed by atoms with Crippen molar-refractivity contribution in [3.8, 4) is 0 Å². The molecule has 13 nitrogen and oxygen atoms in total. The first-order valence-electron chi connectivity index (χ1n) is 11.1. The standard InChI is InChI=1S/C21H32N8O5S/c1-11(2)3-16(21(33)34)28-19(31)15(5-13-7-24-10-26-13)27-20(32)17(8-35)29-18(30)14(22)4-12-6-23-9-25-12/h6-7,9-11,14-17,35H,3-5,8,22H2,1-2H3,(H,23,25)(H,24,26)(H,27,32)(H,28,31)(H,29,30)(H,33,34). The van der Waals surface area contributed by atoms with Gasteiger partial charge in [-0.25, -0.2) is 14.8 Å². The van der Waals surface area contributed by atoms with Gasteiger partial charge in [0, 0.05) is 42.4 Å². The van der Waals surface area contributed by atoms with Crippen LogP contribution in [0.5, 0.6) is 0 Å². The summed E-state index contributed by atoms with van der Waals surface area (Å²) < 4.78 is 0. The van der Waals surface area contributed by atoms with Crippen molar-refractivity contribution in [3.05, 3.63) is 36.4 Å². The molecule has 2 heterocycles. The third-order valence-electron chi connectivity index (χ3n) is 5.08. The van der Waals surface area contributed by atoms with E-state index in [2.05, 4.69) is 48.5 Å². The number of aromatic amines is 2. The average molecular weight is 509 g/mol. The van der Waals surface area contributed by atoms with Gasteiger partial charge in [0.1, 0.15) is 18.1 Å². The van der Waals surface area contributed by atoms with Crippen molar-refractivity contribution in [1.29, 1.82) is 0 Å². The summed E-state index contributed by atoms with van der Waals surface area (Å²) in [4.78, 5) is 63.4. The fourth-order valence-corrected chi connectivity index (χ4v) is 3.52. The lowest BCUT2D eigenvalue weighted by Gasteiger charge is -2.24. The largest absolute Gasteiger partial charge is 0.480 e. The van der Waals surface area contributed by atoms with Crippen molar-refractivity contribution in [2.75, 3.05) is 5.75 Å². The first-order chi connectivity index (χ1) is 16.6. The highest BCUT2D eigenvalue weighted by molar-refractivity contribution is 7.80. The van der Waals surface area contributed by atoms with Crippen LogP contribution in [0.2, 0.25) is 0 Å². The van der Waals surface area contributed by atoms with Crippen molar-refractivity contribution in [3.63, 3.8) is 0 Å². The second kappa shape index (κ2) is 13.5. The van der Waals surface area contributed by atoms with E-state index < -0.39 is 47.9 Å². The zero-order valence-electron chi connectivity index (χ0n) is 19.5. The number of carboxylic acid groups (broad SMARTS) is 1. The number of H-pyrrole nitrogens is 2. The summed E-state index contributed by atoms with van der Waals surface area (Å²) in [6.45, 7) is 3.67. The fraction of sp³-hybridized carbons (Fsp3) is 0.524.